The van der Waals surface area contributed by atoms with Gasteiger partial charge >= 0.3 is 153 Å². The Labute approximate surface area is 153 Å². The van der Waals surface area contributed by atoms with Crippen molar-refractivity contribution in [3.63, 3.8) is 0 Å². The van der Waals surface area contributed by atoms with Crippen molar-refractivity contribution in [2.75, 3.05) is 33.9 Å². The van der Waals surface area contributed by atoms with Gasteiger partial charge in [0.15, 0.2) is 0 Å². The summed E-state index contributed by atoms with van der Waals surface area (Å²) in [6.07, 6.45) is 0.0897. The molecule has 0 spiro atoms. The van der Waals surface area contributed by atoms with Crippen LogP contribution in [0.25, 0.3) is 0 Å². The topological polar surface area (TPSA) is 55.8 Å². The quantitative estimate of drug-likeness (QED) is 0.484. The molecular formula is C18H23NO4Te. The van der Waals surface area contributed by atoms with Crippen LogP contribution in [0.5, 0.6) is 0 Å². The van der Waals surface area contributed by atoms with Gasteiger partial charge in [0.2, 0.25) is 0 Å². The summed E-state index contributed by atoms with van der Waals surface area (Å²) in [5, 5.41) is 0. The van der Waals surface area contributed by atoms with Gasteiger partial charge in [-0.25, -0.2) is 0 Å². The first-order valence-electron chi connectivity index (χ1n) is 7.86. The molecule has 1 aliphatic rings. The van der Waals surface area contributed by atoms with E-state index in [0.29, 0.717) is 13.2 Å². The number of hydrogen-bond acceptors (Lipinski definition) is 4. The van der Waals surface area contributed by atoms with E-state index in [-0.39, 0.29) is 24.9 Å². The molecule has 2 rings (SSSR count). The van der Waals surface area contributed by atoms with Crippen LogP contribution in [0.1, 0.15) is 13.3 Å². The Kier molecular flexibility index (Phi) is 6.85. The molecule has 0 aromatic heterocycles. The minimum atomic E-state index is -0.975. The van der Waals surface area contributed by atoms with Crippen LogP contribution >= 0.6 is 0 Å². The van der Waals surface area contributed by atoms with Crippen LogP contribution in [-0.4, -0.2) is 71.6 Å². The first kappa shape index (κ1) is 19.0. The Morgan fingerprint density at radius 3 is 2.67 bits per heavy atom. The fourth-order valence-corrected chi connectivity index (χ4v) is 4.99. The van der Waals surface area contributed by atoms with E-state index in [0.717, 1.165) is 5.57 Å². The number of hydrogen-bond donors (Lipinski definition) is 0. The molecule has 1 atom stereocenters. The van der Waals surface area contributed by atoms with Crippen LogP contribution in [0.3, 0.4) is 0 Å². The average Bonchev–Trinajstić information content (AvgIpc) is 2.98. The maximum absolute atomic E-state index is 12.6. The number of amides is 1. The first-order valence-corrected chi connectivity index (χ1v) is 10.4. The molecule has 0 radical (unpaired) electrons. The molecule has 0 bridgehead atoms. The molecule has 1 aromatic carbocycles. The van der Waals surface area contributed by atoms with Crippen molar-refractivity contribution in [2.24, 2.45) is 5.41 Å². The second-order valence-corrected chi connectivity index (χ2v) is 8.53. The van der Waals surface area contributed by atoms with Crippen molar-refractivity contribution in [1.29, 1.82) is 0 Å². The Hall–Kier alpha value is -1.35. The molecule has 130 valence electrons. The molecule has 0 aliphatic carbocycles. The Morgan fingerprint density at radius 2 is 2.04 bits per heavy atom. The van der Waals surface area contributed by atoms with E-state index < -0.39 is 26.3 Å². The number of nitrogens with zero attached hydrogens (tertiary/aromatic N) is 1. The van der Waals surface area contributed by atoms with Crippen molar-refractivity contribution < 1.29 is 19.1 Å². The third kappa shape index (κ3) is 4.38. The third-order valence-corrected chi connectivity index (χ3v) is 6.62. The van der Waals surface area contributed by atoms with Gasteiger partial charge < -0.3 is 0 Å². The second-order valence-electron chi connectivity index (χ2n) is 5.83. The standard InChI is InChI=1S/C18H23NO4Te/c1-4-23-17(21)18(10-16(20)19(2)3)13-22-11-14(18)12-24-15-8-6-5-7-9-15/h5-9,12H,4,10-11,13H2,1-3H3/b14-12+. The number of carbonyl (C=O) groups excluding carboxylic acids is 2. The summed E-state index contributed by atoms with van der Waals surface area (Å²) in [4.78, 5) is 26.4. The van der Waals surface area contributed by atoms with Crippen molar-refractivity contribution in [3.05, 3.63) is 40.0 Å². The van der Waals surface area contributed by atoms with Gasteiger partial charge in [0.05, 0.1) is 0 Å². The second kappa shape index (κ2) is 8.66. The van der Waals surface area contributed by atoms with E-state index in [2.05, 4.69) is 16.3 Å². The van der Waals surface area contributed by atoms with Gasteiger partial charge in [-0.2, -0.15) is 0 Å². The monoisotopic (exact) mass is 447 g/mol. The van der Waals surface area contributed by atoms with Crippen molar-refractivity contribution >= 4 is 36.4 Å². The van der Waals surface area contributed by atoms with E-state index in [1.807, 2.05) is 18.2 Å². The molecule has 1 aromatic rings. The van der Waals surface area contributed by atoms with Gasteiger partial charge in [-0.3, -0.25) is 0 Å². The summed E-state index contributed by atoms with van der Waals surface area (Å²) in [5.74, 6) is -0.454. The Bertz CT molecular complexity index is 615. The van der Waals surface area contributed by atoms with E-state index in [1.165, 1.54) is 8.51 Å². The molecule has 5 nitrogen and oxygen atoms in total. The summed E-state index contributed by atoms with van der Waals surface area (Å²) in [6.45, 7) is 2.66. The van der Waals surface area contributed by atoms with E-state index in [9.17, 15) is 9.59 Å². The zero-order chi connectivity index (χ0) is 17.6. The molecule has 1 heterocycles. The summed E-state index contributed by atoms with van der Waals surface area (Å²) in [7, 11) is 3.39. The van der Waals surface area contributed by atoms with E-state index in [4.69, 9.17) is 9.47 Å². The van der Waals surface area contributed by atoms with Crippen molar-refractivity contribution in [2.45, 2.75) is 13.3 Å². The fourth-order valence-electron chi connectivity index (χ4n) is 2.46. The molecule has 24 heavy (non-hydrogen) atoms. The molecular weight excluding hydrogens is 422 g/mol. The van der Waals surface area contributed by atoms with E-state index in [1.54, 1.807) is 21.0 Å². The minimum absolute atomic E-state index is 0.0897. The Morgan fingerprint density at radius 1 is 1.33 bits per heavy atom. The summed E-state index contributed by atoms with van der Waals surface area (Å²) >= 11 is -0.596. The van der Waals surface area contributed by atoms with Gasteiger partial charge in [-0.05, 0) is 0 Å². The number of esters is 1. The normalized spacial score (nSPS) is 21.7. The molecule has 6 heteroatoms. The maximum atomic E-state index is 12.6. The predicted octanol–water partition coefficient (Wildman–Crippen LogP) is 0.958. The van der Waals surface area contributed by atoms with Crippen molar-refractivity contribution in [1.82, 2.24) is 4.90 Å². The van der Waals surface area contributed by atoms with Crippen LogP contribution in [0.2, 0.25) is 0 Å². The number of benzene rings is 1. The van der Waals surface area contributed by atoms with E-state index >= 15 is 0 Å². The summed E-state index contributed by atoms with van der Waals surface area (Å²) in [5.41, 5.74) is -0.0842. The zero-order valence-electron chi connectivity index (χ0n) is 14.3. The van der Waals surface area contributed by atoms with Crippen LogP contribution in [0, 0.1) is 5.41 Å². The number of carbonyl (C=O) groups is 2. The van der Waals surface area contributed by atoms with Crippen LogP contribution < -0.4 is 3.61 Å². The van der Waals surface area contributed by atoms with Crippen molar-refractivity contribution in [3.8, 4) is 0 Å². The van der Waals surface area contributed by atoms with Gasteiger partial charge in [-0.1, -0.05) is 0 Å². The fraction of sp³-hybridized carbons (Fsp3) is 0.444. The third-order valence-electron chi connectivity index (χ3n) is 3.92. The number of ether oxygens (including phenoxy) is 2. The molecule has 0 saturated carbocycles. The van der Waals surface area contributed by atoms with Crippen LogP contribution in [0.4, 0.5) is 0 Å². The van der Waals surface area contributed by atoms with Gasteiger partial charge in [0, 0.05) is 0 Å². The summed E-state index contributed by atoms with van der Waals surface area (Å²) in [6, 6.07) is 10.2. The average molecular weight is 445 g/mol. The predicted molar refractivity (Wildman–Crippen MR) is 93.1 cm³/mol. The first-order chi connectivity index (χ1) is 11.5. The van der Waals surface area contributed by atoms with Gasteiger partial charge in [0.1, 0.15) is 0 Å². The van der Waals surface area contributed by atoms with Crippen LogP contribution in [-0.2, 0) is 19.1 Å². The Balaban J connectivity index is 2.29. The van der Waals surface area contributed by atoms with Crippen LogP contribution in [0.15, 0.2) is 40.0 Å². The summed E-state index contributed by atoms with van der Waals surface area (Å²) < 4.78 is 14.3. The molecule has 1 fully saturated rings. The molecule has 0 N–H and O–H groups in total. The van der Waals surface area contributed by atoms with Gasteiger partial charge in [0.25, 0.3) is 0 Å². The molecule has 1 saturated heterocycles. The molecule has 1 unspecified atom stereocenters. The zero-order valence-corrected chi connectivity index (χ0v) is 16.6. The number of rotatable bonds is 6. The van der Waals surface area contributed by atoms with Gasteiger partial charge in [-0.15, -0.1) is 0 Å². The molecule has 1 amide bonds. The SMILES string of the molecule is CCOC(=O)C1(CC(=O)N(C)C)COC/C1=C\[Te]c1ccccc1. The molecule has 1 aliphatic heterocycles.